The highest BCUT2D eigenvalue weighted by atomic mass is 19.3. The van der Waals surface area contributed by atoms with Crippen LogP contribution < -0.4 is 0 Å². The number of alkyl halides is 2. The molecule has 0 N–H and O–H groups in total. The van der Waals surface area contributed by atoms with Gasteiger partial charge in [-0.15, -0.1) is 0 Å². The Kier molecular flexibility index (Phi) is 13.4. The maximum absolute atomic E-state index is 14.3. The third-order valence-corrected chi connectivity index (χ3v) is 6.88. The lowest BCUT2D eigenvalue weighted by molar-refractivity contribution is -0.193. The third-order valence-electron chi connectivity index (χ3n) is 6.88. The number of methoxy groups -OCH3 is 1. The van der Waals surface area contributed by atoms with Crippen molar-refractivity contribution in [2.75, 3.05) is 13.7 Å². The second-order valence-electron chi connectivity index (χ2n) is 9.80. The van der Waals surface area contributed by atoms with Crippen LogP contribution in [0.15, 0.2) is 24.3 Å². The Morgan fingerprint density at radius 3 is 2.54 bits per heavy atom. The van der Waals surface area contributed by atoms with Gasteiger partial charge in [-0.2, -0.15) is 8.78 Å². The molecular weight excluding hydrogens is 486 g/mol. The number of allylic oxidation sites excluding steroid dienone is 3. The monoisotopic (exact) mass is 528 g/mol. The summed E-state index contributed by atoms with van der Waals surface area (Å²) in [6.45, 7) is 3.72. The number of ether oxygens (including phenoxy) is 4. The minimum absolute atomic E-state index is 0.261. The summed E-state index contributed by atoms with van der Waals surface area (Å²) < 4.78 is 50.9. The SMILES string of the molecule is CCCCC(F)(F)C(=O)/C=C/[C@@H]1[C@@H](C/C=C\CCCC(=O)OC)[C@@H](OC(C)=O)C[C@H]1OC1CCCCO1. The van der Waals surface area contributed by atoms with Gasteiger partial charge >= 0.3 is 17.9 Å². The molecule has 1 aliphatic carbocycles. The summed E-state index contributed by atoms with van der Waals surface area (Å²) in [7, 11) is 1.35. The van der Waals surface area contributed by atoms with Crippen molar-refractivity contribution < 1.29 is 42.1 Å². The molecule has 1 heterocycles. The van der Waals surface area contributed by atoms with Gasteiger partial charge in [0.25, 0.3) is 0 Å². The average molecular weight is 529 g/mol. The normalized spacial score (nSPS) is 26.6. The van der Waals surface area contributed by atoms with E-state index in [-0.39, 0.29) is 18.3 Å². The van der Waals surface area contributed by atoms with E-state index in [2.05, 4.69) is 4.74 Å². The van der Waals surface area contributed by atoms with Crippen molar-refractivity contribution in [3.8, 4) is 0 Å². The quantitative estimate of drug-likeness (QED) is 0.116. The molecule has 0 aromatic rings. The predicted molar refractivity (Wildman–Crippen MR) is 134 cm³/mol. The fraction of sp³-hybridized carbons (Fsp3) is 0.750. The molecular formula is C28H42F2O7. The van der Waals surface area contributed by atoms with Crippen LogP contribution in [0, 0.1) is 11.8 Å². The van der Waals surface area contributed by atoms with Gasteiger partial charge in [0.2, 0.25) is 5.78 Å². The fourth-order valence-corrected chi connectivity index (χ4v) is 4.85. The Bertz CT molecular complexity index is 789. The van der Waals surface area contributed by atoms with Gasteiger partial charge in [-0.05, 0) is 51.0 Å². The minimum Gasteiger partial charge on any atom is -0.469 e. The van der Waals surface area contributed by atoms with Gasteiger partial charge in [0.1, 0.15) is 6.10 Å². The molecule has 1 aliphatic heterocycles. The molecule has 2 aliphatic rings. The van der Waals surface area contributed by atoms with Crippen molar-refractivity contribution in [2.24, 2.45) is 11.8 Å². The van der Waals surface area contributed by atoms with Gasteiger partial charge in [-0.25, -0.2) is 0 Å². The number of hydrogen-bond donors (Lipinski definition) is 0. The predicted octanol–water partition coefficient (Wildman–Crippen LogP) is 5.71. The van der Waals surface area contributed by atoms with Crippen LogP contribution in [0.5, 0.6) is 0 Å². The van der Waals surface area contributed by atoms with Crippen molar-refractivity contribution in [1.82, 2.24) is 0 Å². The van der Waals surface area contributed by atoms with Crippen LogP contribution in [0.2, 0.25) is 0 Å². The van der Waals surface area contributed by atoms with Crippen LogP contribution in [0.25, 0.3) is 0 Å². The van der Waals surface area contributed by atoms with Crippen molar-refractivity contribution in [2.45, 2.75) is 109 Å². The van der Waals surface area contributed by atoms with Crippen molar-refractivity contribution >= 4 is 17.7 Å². The third kappa shape index (κ3) is 10.6. The Morgan fingerprint density at radius 2 is 1.89 bits per heavy atom. The molecule has 2 rings (SSSR count). The summed E-state index contributed by atoms with van der Waals surface area (Å²) in [6.07, 6.45) is 10.5. The van der Waals surface area contributed by atoms with E-state index < -0.39 is 48.5 Å². The Balaban J connectivity index is 2.19. The molecule has 0 spiro atoms. The van der Waals surface area contributed by atoms with Gasteiger partial charge in [0.05, 0.1) is 13.2 Å². The van der Waals surface area contributed by atoms with E-state index in [4.69, 9.17) is 14.2 Å². The number of esters is 2. The number of rotatable bonds is 15. The van der Waals surface area contributed by atoms with Crippen LogP contribution in [0.1, 0.15) is 84.5 Å². The van der Waals surface area contributed by atoms with Crippen LogP contribution in [-0.4, -0.2) is 55.9 Å². The summed E-state index contributed by atoms with van der Waals surface area (Å²) in [5.74, 6) is -6.02. The first-order valence-corrected chi connectivity index (χ1v) is 13.4. The number of carbonyl (C=O) groups excluding carboxylic acids is 3. The molecule has 5 atom stereocenters. The fourth-order valence-electron chi connectivity index (χ4n) is 4.85. The average Bonchev–Trinajstić information content (AvgIpc) is 3.18. The smallest absolute Gasteiger partial charge is 0.309 e. The summed E-state index contributed by atoms with van der Waals surface area (Å²) in [5, 5.41) is 0. The Morgan fingerprint density at radius 1 is 1.11 bits per heavy atom. The maximum atomic E-state index is 14.3. The Hall–Kier alpha value is -2.13. The van der Waals surface area contributed by atoms with E-state index >= 15 is 0 Å². The number of unbranched alkanes of at least 4 members (excludes halogenated alkanes) is 2. The number of halogens is 2. The Labute approximate surface area is 218 Å². The summed E-state index contributed by atoms with van der Waals surface area (Å²) in [6, 6.07) is 0. The van der Waals surface area contributed by atoms with E-state index in [1.807, 2.05) is 12.2 Å². The molecule has 0 aromatic carbocycles. The summed E-state index contributed by atoms with van der Waals surface area (Å²) in [5.41, 5.74) is 0. The molecule has 9 heteroatoms. The summed E-state index contributed by atoms with van der Waals surface area (Å²) in [4.78, 5) is 35.5. The molecule has 37 heavy (non-hydrogen) atoms. The zero-order valence-corrected chi connectivity index (χ0v) is 22.3. The second kappa shape index (κ2) is 16.0. The zero-order valence-electron chi connectivity index (χ0n) is 22.3. The standard InChI is InChI=1S/C28H42F2O7/c1-4-5-17-28(29,30)25(32)16-15-22-21(12-8-6-7-9-13-26(33)34-3)23(36-20(2)31)19-24(22)37-27-14-10-11-18-35-27/h6,8,15-16,21-24,27H,4-5,7,9-14,17-19H2,1-3H3/b8-6-,16-15+/t21-,22-,23+,24-,27?/m1/s1. The van der Waals surface area contributed by atoms with Gasteiger partial charge in [-0.3, -0.25) is 14.4 Å². The molecule has 1 saturated carbocycles. The molecule has 0 bridgehead atoms. The molecule has 2 fully saturated rings. The number of ketones is 1. The van der Waals surface area contributed by atoms with E-state index in [9.17, 15) is 23.2 Å². The lowest BCUT2D eigenvalue weighted by Crippen LogP contribution is -2.31. The molecule has 1 saturated heterocycles. The number of hydrogen-bond acceptors (Lipinski definition) is 7. The van der Waals surface area contributed by atoms with E-state index in [0.29, 0.717) is 45.1 Å². The molecule has 210 valence electrons. The van der Waals surface area contributed by atoms with Crippen LogP contribution in [-0.2, 0) is 33.3 Å². The van der Waals surface area contributed by atoms with Crippen LogP contribution >= 0.6 is 0 Å². The van der Waals surface area contributed by atoms with E-state index in [0.717, 1.165) is 25.3 Å². The highest BCUT2D eigenvalue weighted by Gasteiger charge is 2.45. The molecule has 1 unspecified atom stereocenters. The van der Waals surface area contributed by atoms with Gasteiger partial charge in [0.15, 0.2) is 6.29 Å². The molecule has 0 radical (unpaired) electrons. The van der Waals surface area contributed by atoms with Crippen LogP contribution in [0.4, 0.5) is 8.78 Å². The van der Waals surface area contributed by atoms with E-state index in [1.54, 1.807) is 6.92 Å². The lowest BCUT2D eigenvalue weighted by Gasteiger charge is -2.29. The summed E-state index contributed by atoms with van der Waals surface area (Å²) >= 11 is 0. The molecule has 7 nitrogen and oxygen atoms in total. The molecule has 0 aromatic heterocycles. The largest absolute Gasteiger partial charge is 0.469 e. The zero-order chi connectivity index (χ0) is 27.3. The van der Waals surface area contributed by atoms with Crippen molar-refractivity contribution in [3.63, 3.8) is 0 Å². The highest BCUT2D eigenvalue weighted by molar-refractivity contribution is 5.95. The first kappa shape index (κ1) is 31.1. The van der Waals surface area contributed by atoms with Gasteiger partial charge in [-0.1, -0.05) is 31.6 Å². The maximum Gasteiger partial charge on any atom is 0.309 e. The molecule has 0 amide bonds. The van der Waals surface area contributed by atoms with Crippen LogP contribution in [0.3, 0.4) is 0 Å². The topological polar surface area (TPSA) is 88.1 Å². The first-order chi connectivity index (χ1) is 17.7. The van der Waals surface area contributed by atoms with E-state index in [1.165, 1.54) is 20.1 Å². The lowest BCUT2D eigenvalue weighted by atomic mass is 9.89. The van der Waals surface area contributed by atoms with Crippen molar-refractivity contribution in [1.29, 1.82) is 0 Å². The first-order valence-electron chi connectivity index (χ1n) is 13.4. The van der Waals surface area contributed by atoms with Crippen molar-refractivity contribution in [3.05, 3.63) is 24.3 Å². The highest BCUT2D eigenvalue weighted by Crippen LogP contribution is 2.41. The van der Waals surface area contributed by atoms with Gasteiger partial charge in [0, 0.05) is 44.6 Å². The number of carbonyl (C=O) groups is 3. The second-order valence-corrected chi connectivity index (χ2v) is 9.80. The minimum atomic E-state index is -3.42. The van der Waals surface area contributed by atoms with Gasteiger partial charge < -0.3 is 18.9 Å².